The zero-order chi connectivity index (χ0) is 23.3. The van der Waals surface area contributed by atoms with Crippen molar-refractivity contribution in [1.82, 2.24) is 9.80 Å². The van der Waals surface area contributed by atoms with Gasteiger partial charge in [0, 0.05) is 37.8 Å². The van der Waals surface area contributed by atoms with Crippen LogP contribution in [0.15, 0.2) is 48.5 Å². The van der Waals surface area contributed by atoms with Crippen molar-refractivity contribution in [3.63, 3.8) is 0 Å². The lowest BCUT2D eigenvalue weighted by atomic mass is 10.1. The summed E-state index contributed by atoms with van der Waals surface area (Å²) in [5, 5.41) is 8.84. The van der Waals surface area contributed by atoms with E-state index >= 15 is 0 Å². The Morgan fingerprint density at radius 3 is 2.47 bits per heavy atom. The largest absolute Gasteiger partial charge is 0.482 e. The third-order valence-corrected chi connectivity index (χ3v) is 5.36. The molecule has 0 saturated carbocycles. The third-order valence-electron chi connectivity index (χ3n) is 5.36. The number of piperazine rings is 1. The van der Waals surface area contributed by atoms with Gasteiger partial charge in [-0.05, 0) is 30.7 Å². The summed E-state index contributed by atoms with van der Waals surface area (Å²) >= 11 is 0. The summed E-state index contributed by atoms with van der Waals surface area (Å²) in [4.78, 5) is 27.3. The fourth-order valence-corrected chi connectivity index (χ4v) is 3.82. The van der Waals surface area contributed by atoms with Crippen molar-refractivity contribution in [2.45, 2.75) is 32.1 Å². The summed E-state index contributed by atoms with van der Waals surface area (Å²) in [7, 11) is 0. The molecular formula is C23H25F3N2O4. The van der Waals surface area contributed by atoms with Crippen molar-refractivity contribution in [1.29, 1.82) is 0 Å². The van der Waals surface area contributed by atoms with Gasteiger partial charge in [-0.3, -0.25) is 9.69 Å². The first-order valence-electron chi connectivity index (χ1n) is 10.2. The zero-order valence-corrected chi connectivity index (χ0v) is 17.6. The molecule has 3 rings (SSSR count). The quantitative estimate of drug-likeness (QED) is 0.700. The van der Waals surface area contributed by atoms with Crippen LogP contribution in [0.2, 0.25) is 0 Å². The molecule has 172 valence electrons. The van der Waals surface area contributed by atoms with Crippen LogP contribution in [0.3, 0.4) is 0 Å². The Hall–Kier alpha value is -3.07. The second-order valence-corrected chi connectivity index (χ2v) is 7.84. The Balaban J connectivity index is 1.68. The molecule has 1 unspecified atom stereocenters. The van der Waals surface area contributed by atoms with E-state index in [0.29, 0.717) is 26.1 Å². The van der Waals surface area contributed by atoms with Crippen LogP contribution in [0.4, 0.5) is 13.2 Å². The molecular weight excluding hydrogens is 425 g/mol. The van der Waals surface area contributed by atoms with Gasteiger partial charge in [0.1, 0.15) is 5.75 Å². The molecule has 0 aliphatic carbocycles. The van der Waals surface area contributed by atoms with Crippen molar-refractivity contribution in [2.24, 2.45) is 0 Å². The second kappa shape index (κ2) is 10.0. The van der Waals surface area contributed by atoms with Crippen LogP contribution in [0.25, 0.3) is 0 Å². The first-order chi connectivity index (χ1) is 15.1. The number of rotatable bonds is 7. The molecule has 1 atom stereocenters. The third kappa shape index (κ3) is 6.23. The Morgan fingerprint density at radius 1 is 1.12 bits per heavy atom. The van der Waals surface area contributed by atoms with Gasteiger partial charge in [0.15, 0.2) is 6.61 Å². The number of benzene rings is 2. The number of carboxylic acid groups (broad SMARTS) is 1. The minimum Gasteiger partial charge on any atom is -0.482 e. The predicted octanol–water partition coefficient (Wildman–Crippen LogP) is 3.44. The first kappa shape index (κ1) is 23.6. The average Bonchev–Trinajstić information content (AvgIpc) is 2.72. The molecule has 9 heteroatoms. The fourth-order valence-electron chi connectivity index (χ4n) is 3.82. The molecule has 0 aromatic heterocycles. The Morgan fingerprint density at radius 2 is 1.84 bits per heavy atom. The molecule has 1 saturated heterocycles. The number of hydrogen-bond acceptors (Lipinski definition) is 4. The summed E-state index contributed by atoms with van der Waals surface area (Å²) in [6, 6.07) is 12.3. The highest BCUT2D eigenvalue weighted by atomic mass is 19.4. The van der Waals surface area contributed by atoms with Gasteiger partial charge in [0.05, 0.1) is 12.0 Å². The second-order valence-electron chi connectivity index (χ2n) is 7.84. The van der Waals surface area contributed by atoms with E-state index in [1.807, 2.05) is 42.2 Å². The van der Waals surface area contributed by atoms with Crippen LogP contribution < -0.4 is 4.74 Å². The van der Waals surface area contributed by atoms with Gasteiger partial charge in [-0.25, -0.2) is 4.79 Å². The van der Waals surface area contributed by atoms with E-state index in [4.69, 9.17) is 9.84 Å². The molecule has 1 N–H and O–H groups in total. The molecule has 0 spiro atoms. The first-order valence-corrected chi connectivity index (χ1v) is 10.2. The predicted molar refractivity (Wildman–Crippen MR) is 111 cm³/mol. The molecule has 1 heterocycles. The van der Waals surface area contributed by atoms with E-state index in [1.54, 1.807) is 4.90 Å². The number of hydrogen-bond donors (Lipinski definition) is 1. The summed E-state index contributed by atoms with van der Waals surface area (Å²) in [5.41, 5.74) is 0.369. The monoisotopic (exact) mass is 450 g/mol. The van der Waals surface area contributed by atoms with Gasteiger partial charge in [0.2, 0.25) is 5.91 Å². The van der Waals surface area contributed by atoms with E-state index in [1.165, 1.54) is 0 Å². The summed E-state index contributed by atoms with van der Waals surface area (Å²) in [6.45, 7) is 2.84. The van der Waals surface area contributed by atoms with E-state index < -0.39 is 24.3 Å². The molecule has 32 heavy (non-hydrogen) atoms. The van der Waals surface area contributed by atoms with E-state index in [2.05, 4.69) is 0 Å². The Bertz CT molecular complexity index is 950. The lowest BCUT2D eigenvalue weighted by molar-refractivity contribution is -0.140. The minimum atomic E-state index is -4.52. The van der Waals surface area contributed by atoms with Crippen LogP contribution in [0.1, 0.15) is 23.6 Å². The van der Waals surface area contributed by atoms with Crippen molar-refractivity contribution in [3.8, 4) is 5.75 Å². The topological polar surface area (TPSA) is 70.1 Å². The van der Waals surface area contributed by atoms with Crippen LogP contribution in [0, 0.1) is 0 Å². The number of ether oxygens (including phenoxy) is 1. The Kier molecular flexibility index (Phi) is 7.40. The van der Waals surface area contributed by atoms with Gasteiger partial charge in [0.25, 0.3) is 0 Å². The van der Waals surface area contributed by atoms with Crippen molar-refractivity contribution in [2.75, 3.05) is 26.2 Å². The highest BCUT2D eigenvalue weighted by Gasteiger charge is 2.32. The van der Waals surface area contributed by atoms with Gasteiger partial charge >= 0.3 is 12.1 Å². The number of carboxylic acids is 1. The van der Waals surface area contributed by atoms with E-state index in [-0.39, 0.29) is 29.8 Å². The number of carbonyl (C=O) groups excluding carboxylic acids is 1. The lowest BCUT2D eigenvalue weighted by Gasteiger charge is -2.40. The molecule has 2 aromatic carbocycles. The molecule has 1 fully saturated rings. The van der Waals surface area contributed by atoms with E-state index in [0.717, 1.165) is 23.8 Å². The summed E-state index contributed by atoms with van der Waals surface area (Å²) in [6.07, 6.45) is -4.22. The smallest absolute Gasteiger partial charge is 0.416 e. The standard InChI is InChI=1S/C23H25F3N2O4/c1-16-13-27(9-10-28(16)21(29)11-17-5-3-2-4-6-17)14-18-12-19(23(24,25)26)7-8-20(18)32-15-22(30)31/h2-8,12,16H,9-11,13-15H2,1H3,(H,30,31). The molecule has 0 bridgehead atoms. The number of aliphatic carboxylic acids is 1. The van der Waals surface area contributed by atoms with Crippen molar-refractivity contribution in [3.05, 3.63) is 65.2 Å². The number of nitrogens with zero attached hydrogens (tertiary/aromatic N) is 2. The maximum Gasteiger partial charge on any atom is 0.416 e. The molecule has 2 aromatic rings. The fraction of sp³-hybridized carbons (Fsp3) is 0.391. The van der Waals surface area contributed by atoms with Gasteiger partial charge in [-0.15, -0.1) is 0 Å². The SMILES string of the molecule is CC1CN(Cc2cc(C(F)(F)F)ccc2OCC(=O)O)CCN1C(=O)Cc1ccccc1. The van der Waals surface area contributed by atoms with Gasteiger partial charge in [-0.2, -0.15) is 13.2 Å². The minimum absolute atomic E-state index is 0.00731. The Labute approximate surface area is 184 Å². The lowest BCUT2D eigenvalue weighted by Crippen LogP contribution is -2.54. The number of carbonyl (C=O) groups is 2. The van der Waals surface area contributed by atoms with Crippen LogP contribution in [0.5, 0.6) is 5.75 Å². The van der Waals surface area contributed by atoms with Crippen LogP contribution in [-0.2, 0) is 28.7 Å². The molecule has 0 radical (unpaired) electrons. The maximum absolute atomic E-state index is 13.2. The average molecular weight is 450 g/mol. The van der Waals surface area contributed by atoms with Gasteiger partial charge in [-0.1, -0.05) is 30.3 Å². The zero-order valence-electron chi connectivity index (χ0n) is 17.6. The number of amides is 1. The summed E-state index contributed by atoms with van der Waals surface area (Å²) < 4.78 is 44.7. The molecule has 1 amide bonds. The molecule has 1 aliphatic heterocycles. The number of halogens is 3. The van der Waals surface area contributed by atoms with Crippen molar-refractivity contribution >= 4 is 11.9 Å². The van der Waals surface area contributed by atoms with Crippen LogP contribution >= 0.6 is 0 Å². The highest BCUT2D eigenvalue weighted by molar-refractivity contribution is 5.79. The molecule has 1 aliphatic rings. The molecule has 6 nitrogen and oxygen atoms in total. The van der Waals surface area contributed by atoms with E-state index in [9.17, 15) is 22.8 Å². The summed E-state index contributed by atoms with van der Waals surface area (Å²) in [5.74, 6) is -1.10. The van der Waals surface area contributed by atoms with Crippen LogP contribution in [-0.4, -0.2) is 59.1 Å². The normalized spacial score (nSPS) is 17.2. The maximum atomic E-state index is 13.2. The van der Waals surface area contributed by atoms with Crippen molar-refractivity contribution < 1.29 is 32.6 Å². The number of alkyl halides is 3. The van der Waals surface area contributed by atoms with Gasteiger partial charge < -0.3 is 14.7 Å². The highest BCUT2D eigenvalue weighted by Crippen LogP contribution is 2.33.